The first-order valence-corrected chi connectivity index (χ1v) is 13.8. The molecule has 0 aromatic heterocycles. The van der Waals surface area contributed by atoms with Crippen LogP contribution in [0.4, 0.5) is 0 Å². The van der Waals surface area contributed by atoms with Gasteiger partial charge in [-0.1, -0.05) is 72.8 Å². The second kappa shape index (κ2) is 12.4. The number of carbonyl (C=O) groups is 2. The van der Waals surface area contributed by atoms with Gasteiger partial charge in [0.15, 0.2) is 0 Å². The minimum Gasteiger partial charge on any atom is -1.00 e. The molecule has 3 N–H and O–H groups in total. The topological polar surface area (TPSA) is 104 Å². The molecule has 3 heterocycles. The number of carboxylic acids is 1. The normalized spacial score (nSPS) is 22.5. The number of hydrogen-bond donors (Lipinski definition) is 3. The van der Waals surface area contributed by atoms with Crippen LogP contribution < -0.4 is 12.4 Å². The van der Waals surface area contributed by atoms with E-state index < -0.39 is 17.5 Å². The minimum atomic E-state index is -1.78. The number of aliphatic hydroxyl groups is 1. The van der Waals surface area contributed by atoms with E-state index in [0.717, 1.165) is 12.8 Å². The fourth-order valence-corrected chi connectivity index (χ4v) is 6.96. The Bertz CT molecular complexity index is 1240. The summed E-state index contributed by atoms with van der Waals surface area (Å²) in [5, 5.41) is 28.9. The van der Waals surface area contributed by atoms with Crippen LogP contribution in [0.5, 0.6) is 5.75 Å². The van der Waals surface area contributed by atoms with Gasteiger partial charge in [-0.25, -0.2) is 9.59 Å². The van der Waals surface area contributed by atoms with Crippen molar-refractivity contribution in [3.63, 3.8) is 0 Å². The molecule has 3 fully saturated rings. The van der Waals surface area contributed by atoms with Crippen LogP contribution in [0.2, 0.25) is 0 Å². The van der Waals surface area contributed by atoms with Crippen molar-refractivity contribution in [1.82, 2.24) is 0 Å². The Labute approximate surface area is 241 Å². The van der Waals surface area contributed by atoms with E-state index in [2.05, 4.69) is 0 Å². The van der Waals surface area contributed by atoms with Gasteiger partial charge in [-0.2, -0.15) is 0 Å². The average Bonchev–Trinajstić information content (AvgIpc) is 3.50. The largest absolute Gasteiger partial charge is 1.00 e. The highest BCUT2D eigenvalue weighted by molar-refractivity contribution is 5.90. The lowest BCUT2D eigenvalue weighted by Crippen LogP contribution is -3.00. The quantitative estimate of drug-likeness (QED) is 0.322. The fourth-order valence-electron chi connectivity index (χ4n) is 6.96. The zero-order valence-corrected chi connectivity index (χ0v) is 23.1. The molecule has 3 atom stereocenters. The molecule has 3 saturated heterocycles. The van der Waals surface area contributed by atoms with Gasteiger partial charge in [0.2, 0.25) is 5.60 Å². The first kappa shape index (κ1) is 29.6. The molecule has 212 valence electrons. The molecule has 7 nitrogen and oxygen atoms in total. The lowest BCUT2D eigenvalue weighted by molar-refractivity contribution is -0.956. The standard InChI is InChI=1S/C25H30NO3.C7H6O3.ClH/c27-24(25(28,19-9-3-1-4-10-19)20-11-5-2-6-12-20)29-23-17-21-13-14-22(18-23)26(21)15-7-8-16-26;8-6-4-2-1-3-5(6)7(9)10;/h1-6,9-12,21-23,28H,7-8,13-18H2;1-4,8H,(H,9,10);1H/q+1;;/p-1/t21-,22+,23?;;. The maximum atomic E-state index is 13.4. The van der Waals surface area contributed by atoms with Gasteiger partial charge in [-0.15, -0.1) is 0 Å². The van der Waals surface area contributed by atoms with Crippen molar-refractivity contribution in [2.75, 3.05) is 13.1 Å². The number of aromatic carboxylic acids is 1. The number of aromatic hydroxyl groups is 1. The fraction of sp³-hybridized carbons (Fsp3) is 0.375. The molecule has 40 heavy (non-hydrogen) atoms. The molecular weight excluding hydrogens is 530 g/mol. The Kier molecular flexibility index (Phi) is 9.19. The third kappa shape index (κ3) is 5.59. The van der Waals surface area contributed by atoms with Crippen LogP contribution in [0.15, 0.2) is 84.9 Å². The van der Waals surface area contributed by atoms with Crippen molar-refractivity contribution in [3.8, 4) is 5.75 Å². The van der Waals surface area contributed by atoms with E-state index in [1.165, 1.54) is 55.4 Å². The molecule has 1 spiro atoms. The number of hydrogen-bond acceptors (Lipinski definition) is 5. The van der Waals surface area contributed by atoms with Gasteiger partial charge in [0.05, 0.1) is 25.2 Å². The third-order valence-corrected chi connectivity index (χ3v) is 8.84. The number of benzene rings is 3. The van der Waals surface area contributed by atoms with Crippen LogP contribution in [0, 0.1) is 0 Å². The Balaban J connectivity index is 0.000000287. The summed E-state index contributed by atoms with van der Waals surface area (Å²) >= 11 is 0. The van der Waals surface area contributed by atoms with Crippen LogP contribution in [0.3, 0.4) is 0 Å². The molecule has 0 aliphatic carbocycles. The molecule has 1 unspecified atom stereocenters. The summed E-state index contributed by atoms with van der Waals surface area (Å²) in [6, 6.07) is 25.4. The number of esters is 1. The van der Waals surface area contributed by atoms with Gasteiger partial charge in [0, 0.05) is 38.5 Å². The zero-order chi connectivity index (χ0) is 27.5. The molecular formula is C32H36ClNO6. The Hall–Kier alpha value is -3.39. The molecule has 8 heteroatoms. The van der Waals surface area contributed by atoms with Crippen molar-refractivity contribution in [3.05, 3.63) is 102 Å². The number of para-hydroxylation sites is 1. The number of nitrogens with zero attached hydrogens (tertiary/aromatic N) is 1. The molecule has 6 rings (SSSR count). The molecule has 3 aliphatic heterocycles. The van der Waals surface area contributed by atoms with E-state index in [4.69, 9.17) is 14.9 Å². The number of carboxylic acid groups (broad SMARTS) is 1. The first-order chi connectivity index (χ1) is 18.8. The number of halogens is 1. The molecule has 0 saturated carbocycles. The van der Waals surface area contributed by atoms with E-state index in [0.29, 0.717) is 23.2 Å². The van der Waals surface area contributed by atoms with Crippen molar-refractivity contribution < 1.29 is 46.5 Å². The maximum Gasteiger partial charge on any atom is 0.347 e. The van der Waals surface area contributed by atoms with Crippen molar-refractivity contribution in [1.29, 1.82) is 0 Å². The molecule has 3 aliphatic rings. The monoisotopic (exact) mass is 565 g/mol. The average molecular weight is 566 g/mol. The summed E-state index contributed by atoms with van der Waals surface area (Å²) in [6.07, 6.45) is 6.94. The van der Waals surface area contributed by atoms with E-state index in [9.17, 15) is 14.7 Å². The van der Waals surface area contributed by atoms with Crippen LogP contribution in [-0.2, 0) is 15.1 Å². The first-order valence-electron chi connectivity index (χ1n) is 13.8. The highest BCUT2D eigenvalue weighted by atomic mass is 35.5. The Morgan fingerprint density at radius 1 is 0.775 bits per heavy atom. The van der Waals surface area contributed by atoms with E-state index >= 15 is 0 Å². The Morgan fingerprint density at radius 2 is 1.25 bits per heavy atom. The van der Waals surface area contributed by atoms with Gasteiger partial charge >= 0.3 is 11.9 Å². The number of quaternary nitrogens is 1. The van der Waals surface area contributed by atoms with Gasteiger partial charge in [-0.05, 0) is 23.3 Å². The van der Waals surface area contributed by atoms with E-state index in [-0.39, 0.29) is 29.8 Å². The second-order valence-electron chi connectivity index (χ2n) is 10.9. The summed E-state index contributed by atoms with van der Waals surface area (Å²) in [4.78, 5) is 23.7. The molecule has 2 bridgehead atoms. The van der Waals surface area contributed by atoms with Crippen LogP contribution in [0.25, 0.3) is 0 Å². The lowest BCUT2D eigenvalue weighted by atomic mass is 9.86. The molecule has 3 aromatic carbocycles. The number of rotatable bonds is 5. The van der Waals surface area contributed by atoms with E-state index in [1.54, 1.807) is 36.4 Å². The van der Waals surface area contributed by atoms with Crippen LogP contribution in [-0.4, -0.2) is 63.0 Å². The number of piperidine rings is 1. The van der Waals surface area contributed by atoms with E-state index in [1.807, 2.05) is 36.4 Å². The molecule has 0 amide bonds. The minimum absolute atomic E-state index is 0. The van der Waals surface area contributed by atoms with Crippen LogP contribution in [0.1, 0.15) is 60.0 Å². The SMILES string of the molecule is O=C(O)c1ccccc1O.O=C(OC1C[C@H]2CC[C@@H](C1)[N+]21CCCC1)C(O)(c1ccccc1)c1ccccc1.[Cl-]. The van der Waals surface area contributed by atoms with Gasteiger partial charge in [0.1, 0.15) is 17.4 Å². The highest BCUT2D eigenvalue weighted by Crippen LogP contribution is 2.46. The number of phenols is 1. The number of ether oxygens (including phenoxy) is 1. The van der Waals surface area contributed by atoms with Crippen molar-refractivity contribution >= 4 is 11.9 Å². The van der Waals surface area contributed by atoms with Crippen LogP contribution >= 0.6 is 0 Å². The maximum absolute atomic E-state index is 13.4. The highest BCUT2D eigenvalue weighted by Gasteiger charge is 2.56. The predicted octanol–water partition coefficient (Wildman–Crippen LogP) is 1.86. The van der Waals surface area contributed by atoms with Gasteiger partial charge in [0.25, 0.3) is 0 Å². The second-order valence-corrected chi connectivity index (χ2v) is 10.9. The summed E-state index contributed by atoms with van der Waals surface area (Å²) < 4.78 is 7.32. The summed E-state index contributed by atoms with van der Waals surface area (Å²) in [5.74, 6) is -1.86. The number of carbonyl (C=O) groups excluding carboxylic acids is 1. The summed E-state index contributed by atoms with van der Waals surface area (Å²) in [7, 11) is 0. The Morgan fingerprint density at radius 3 is 1.70 bits per heavy atom. The molecule has 3 aromatic rings. The van der Waals surface area contributed by atoms with Gasteiger partial charge < -0.3 is 36.9 Å². The summed E-state index contributed by atoms with van der Waals surface area (Å²) in [6.45, 7) is 2.60. The van der Waals surface area contributed by atoms with Crippen molar-refractivity contribution in [2.24, 2.45) is 0 Å². The lowest BCUT2D eigenvalue weighted by Gasteiger charge is -2.47. The van der Waals surface area contributed by atoms with Gasteiger partial charge in [-0.3, -0.25) is 0 Å². The zero-order valence-electron chi connectivity index (χ0n) is 22.4. The third-order valence-electron chi connectivity index (χ3n) is 8.84. The predicted molar refractivity (Wildman–Crippen MR) is 146 cm³/mol. The summed E-state index contributed by atoms with van der Waals surface area (Å²) in [5.41, 5.74) is -0.739. The molecule has 0 radical (unpaired) electrons. The smallest absolute Gasteiger partial charge is 0.347 e. The van der Waals surface area contributed by atoms with Crippen molar-refractivity contribution in [2.45, 2.75) is 62.3 Å².